The van der Waals surface area contributed by atoms with Crippen molar-refractivity contribution in [2.24, 2.45) is 0 Å². The summed E-state index contributed by atoms with van der Waals surface area (Å²) in [7, 11) is 3.07. The van der Waals surface area contributed by atoms with E-state index in [4.69, 9.17) is 9.47 Å². The third kappa shape index (κ3) is 2.95. The Balaban J connectivity index is 1.68. The number of imidazole rings is 1. The molecule has 1 aliphatic rings. The monoisotopic (exact) mass is 366 g/mol. The van der Waals surface area contributed by atoms with Gasteiger partial charge in [-0.3, -0.25) is 19.5 Å². The van der Waals surface area contributed by atoms with Gasteiger partial charge in [0.25, 0.3) is 0 Å². The number of benzene rings is 2. The number of anilines is 2. The topological polar surface area (TPSA) is 94.5 Å². The van der Waals surface area contributed by atoms with E-state index in [0.29, 0.717) is 23.1 Å². The molecule has 0 aliphatic carbocycles. The van der Waals surface area contributed by atoms with Crippen molar-refractivity contribution >= 4 is 34.5 Å². The molecule has 8 heteroatoms. The van der Waals surface area contributed by atoms with Crippen LogP contribution in [0.4, 0.5) is 11.6 Å². The molecule has 1 aliphatic heterocycles. The van der Waals surface area contributed by atoms with Crippen molar-refractivity contribution < 1.29 is 19.1 Å². The largest absolute Gasteiger partial charge is 0.493 e. The van der Waals surface area contributed by atoms with Gasteiger partial charge in [0.05, 0.1) is 31.7 Å². The van der Waals surface area contributed by atoms with E-state index in [1.807, 2.05) is 24.3 Å². The highest BCUT2D eigenvalue weighted by molar-refractivity contribution is 6.03. The minimum Gasteiger partial charge on any atom is -0.493 e. The second-order valence-corrected chi connectivity index (χ2v) is 6.12. The van der Waals surface area contributed by atoms with Crippen LogP contribution in [0.25, 0.3) is 11.0 Å². The second-order valence-electron chi connectivity index (χ2n) is 6.12. The number of methoxy groups -OCH3 is 2. The Morgan fingerprint density at radius 3 is 2.74 bits per heavy atom. The van der Waals surface area contributed by atoms with E-state index in [9.17, 15) is 9.59 Å². The molecule has 8 nitrogen and oxygen atoms in total. The molecule has 3 aromatic rings. The van der Waals surface area contributed by atoms with Gasteiger partial charge in [-0.25, -0.2) is 4.98 Å². The third-order valence-electron chi connectivity index (χ3n) is 4.49. The maximum absolute atomic E-state index is 13.0. The zero-order chi connectivity index (χ0) is 19.0. The Morgan fingerprint density at radius 1 is 1.19 bits per heavy atom. The van der Waals surface area contributed by atoms with Crippen LogP contribution in [0.1, 0.15) is 12.5 Å². The summed E-state index contributed by atoms with van der Waals surface area (Å²) in [5.74, 6) is 0.896. The normalized spacial score (nSPS) is 15.8. The van der Waals surface area contributed by atoms with Gasteiger partial charge in [-0.2, -0.15) is 0 Å². The van der Waals surface area contributed by atoms with Crippen LogP contribution in [0.3, 0.4) is 0 Å². The van der Waals surface area contributed by atoms with Crippen LogP contribution in [0.2, 0.25) is 0 Å². The fraction of sp³-hybridized carbons (Fsp3) is 0.211. The Bertz CT molecular complexity index is 1040. The SMILES string of the molecule is COc1ccc(NC(=O)[C@H]2CC(=O)Nc3nc4ccccc4n32)cc1OC. The zero-order valence-corrected chi connectivity index (χ0v) is 14.9. The van der Waals surface area contributed by atoms with E-state index in [0.717, 1.165) is 11.0 Å². The molecule has 0 bridgehead atoms. The molecule has 0 saturated carbocycles. The number of ether oxygens (including phenoxy) is 2. The highest BCUT2D eigenvalue weighted by atomic mass is 16.5. The lowest BCUT2D eigenvalue weighted by molar-refractivity contribution is -0.124. The Labute approximate surface area is 155 Å². The highest BCUT2D eigenvalue weighted by Gasteiger charge is 2.32. The molecule has 0 saturated heterocycles. The number of nitrogens with zero attached hydrogens (tertiary/aromatic N) is 2. The molecule has 2 heterocycles. The van der Waals surface area contributed by atoms with Gasteiger partial charge in [-0.1, -0.05) is 12.1 Å². The fourth-order valence-electron chi connectivity index (χ4n) is 3.24. The lowest BCUT2D eigenvalue weighted by atomic mass is 10.1. The summed E-state index contributed by atoms with van der Waals surface area (Å²) < 4.78 is 12.2. The average Bonchev–Trinajstić information content (AvgIpc) is 3.05. The second kappa shape index (κ2) is 6.64. The minimum absolute atomic E-state index is 0.0342. The summed E-state index contributed by atoms with van der Waals surface area (Å²) in [6.45, 7) is 0. The van der Waals surface area contributed by atoms with Gasteiger partial charge in [0.1, 0.15) is 6.04 Å². The summed E-state index contributed by atoms with van der Waals surface area (Å²) in [4.78, 5) is 29.4. The summed E-state index contributed by atoms with van der Waals surface area (Å²) in [5.41, 5.74) is 2.06. The standard InChI is InChI=1S/C19H18N4O4/c1-26-15-8-7-11(9-16(15)27-2)20-18(25)14-10-17(24)22-19-21-12-5-3-4-6-13(12)23(14)19/h3-9,14H,10H2,1-2H3,(H,20,25)(H,21,22,24)/t14-/m1/s1. The van der Waals surface area contributed by atoms with Crippen LogP contribution in [0.5, 0.6) is 11.5 Å². The molecular formula is C19H18N4O4. The van der Waals surface area contributed by atoms with Crippen LogP contribution in [0.15, 0.2) is 42.5 Å². The first-order valence-corrected chi connectivity index (χ1v) is 8.40. The van der Waals surface area contributed by atoms with E-state index >= 15 is 0 Å². The van der Waals surface area contributed by atoms with Crippen LogP contribution in [-0.4, -0.2) is 35.6 Å². The molecule has 27 heavy (non-hydrogen) atoms. The maximum atomic E-state index is 13.0. The molecule has 2 amide bonds. The van der Waals surface area contributed by atoms with Gasteiger partial charge in [-0.15, -0.1) is 0 Å². The van der Waals surface area contributed by atoms with Crippen LogP contribution >= 0.6 is 0 Å². The van der Waals surface area contributed by atoms with E-state index in [2.05, 4.69) is 15.6 Å². The van der Waals surface area contributed by atoms with E-state index in [-0.39, 0.29) is 18.2 Å². The lowest BCUT2D eigenvalue weighted by Gasteiger charge is -2.25. The van der Waals surface area contributed by atoms with Crippen molar-refractivity contribution in [2.45, 2.75) is 12.5 Å². The summed E-state index contributed by atoms with van der Waals surface area (Å²) in [6, 6.07) is 11.9. The predicted octanol–water partition coefficient (Wildman–Crippen LogP) is 2.58. The molecule has 0 fully saturated rings. The van der Waals surface area contributed by atoms with Crippen molar-refractivity contribution in [2.75, 3.05) is 24.9 Å². The zero-order valence-electron chi connectivity index (χ0n) is 14.9. The Kier molecular flexibility index (Phi) is 4.15. The van der Waals surface area contributed by atoms with Gasteiger partial charge < -0.3 is 14.8 Å². The number of carbonyl (C=O) groups is 2. The molecule has 1 aromatic heterocycles. The van der Waals surface area contributed by atoms with Gasteiger partial charge >= 0.3 is 0 Å². The van der Waals surface area contributed by atoms with E-state index in [1.54, 1.807) is 29.9 Å². The molecule has 4 rings (SSSR count). The quantitative estimate of drug-likeness (QED) is 0.740. The third-order valence-corrected chi connectivity index (χ3v) is 4.49. The number of hydrogen-bond acceptors (Lipinski definition) is 5. The molecule has 138 valence electrons. The molecule has 2 N–H and O–H groups in total. The van der Waals surface area contributed by atoms with E-state index in [1.165, 1.54) is 7.11 Å². The van der Waals surface area contributed by atoms with Crippen LogP contribution < -0.4 is 20.1 Å². The number of hydrogen-bond donors (Lipinski definition) is 2. The molecule has 2 aromatic carbocycles. The fourth-order valence-corrected chi connectivity index (χ4v) is 3.24. The summed E-state index contributed by atoms with van der Waals surface area (Å²) in [5, 5.41) is 5.58. The number of rotatable bonds is 4. The van der Waals surface area contributed by atoms with Crippen LogP contribution in [-0.2, 0) is 9.59 Å². The number of fused-ring (bicyclic) bond motifs is 3. The number of para-hydroxylation sites is 2. The Hall–Kier alpha value is -3.55. The van der Waals surface area contributed by atoms with E-state index < -0.39 is 6.04 Å². The molecule has 0 unspecified atom stereocenters. The van der Waals surface area contributed by atoms with Gasteiger partial charge in [0, 0.05) is 11.8 Å². The number of amides is 2. The first-order valence-electron chi connectivity index (χ1n) is 8.40. The van der Waals surface area contributed by atoms with Gasteiger partial charge in [-0.05, 0) is 24.3 Å². The average molecular weight is 366 g/mol. The number of carbonyl (C=O) groups excluding carboxylic acids is 2. The molecule has 0 spiro atoms. The van der Waals surface area contributed by atoms with Crippen molar-refractivity contribution in [1.29, 1.82) is 0 Å². The lowest BCUT2D eigenvalue weighted by Crippen LogP contribution is -2.35. The summed E-state index contributed by atoms with van der Waals surface area (Å²) >= 11 is 0. The van der Waals surface area contributed by atoms with Crippen LogP contribution in [0, 0.1) is 0 Å². The summed E-state index contributed by atoms with van der Waals surface area (Å²) in [6.07, 6.45) is 0.0342. The first-order chi connectivity index (χ1) is 13.1. The molecular weight excluding hydrogens is 348 g/mol. The van der Waals surface area contributed by atoms with Gasteiger partial charge in [0.2, 0.25) is 17.8 Å². The smallest absolute Gasteiger partial charge is 0.248 e. The van der Waals surface area contributed by atoms with Crippen molar-refractivity contribution in [3.63, 3.8) is 0 Å². The first kappa shape index (κ1) is 16.9. The van der Waals surface area contributed by atoms with Crippen molar-refractivity contribution in [3.8, 4) is 11.5 Å². The van der Waals surface area contributed by atoms with Gasteiger partial charge in [0.15, 0.2) is 11.5 Å². The molecule has 1 atom stereocenters. The molecule has 0 radical (unpaired) electrons. The van der Waals surface area contributed by atoms with Crippen molar-refractivity contribution in [1.82, 2.24) is 9.55 Å². The number of nitrogens with one attached hydrogen (secondary N) is 2. The maximum Gasteiger partial charge on any atom is 0.248 e. The Morgan fingerprint density at radius 2 is 1.96 bits per heavy atom. The number of aromatic nitrogens is 2. The minimum atomic E-state index is -0.700. The highest BCUT2D eigenvalue weighted by Crippen LogP contribution is 2.33. The predicted molar refractivity (Wildman–Crippen MR) is 100 cm³/mol. The van der Waals surface area contributed by atoms with Crippen molar-refractivity contribution in [3.05, 3.63) is 42.5 Å².